The van der Waals surface area contributed by atoms with Crippen LogP contribution >= 0.6 is 0 Å². The molecule has 1 aliphatic rings. The van der Waals surface area contributed by atoms with Gasteiger partial charge in [-0.25, -0.2) is 0 Å². The Morgan fingerprint density at radius 2 is 1.75 bits per heavy atom. The van der Waals surface area contributed by atoms with Gasteiger partial charge in [0.1, 0.15) is 5.69 Å². The minimum atomic E-state index is -0.467. The van der Waals surface area contributed by atoms with E-state index in [0.29, 0.717) is 12.2 Å². The van der Waals surface area contributed by atoms with Gasteiger partial charge in [0, 0.05) is 38.8 Å². The van der Waals surface area contributed by atoms with Crippen LogP contribution in [0.5, 0.6) is 0 Å². The molecular weight excluding hydrogens is 356 g/mol. The lowest BCUT2D eigenvalue weighted by Crippen LogP contribution is -2.23. The number of amides is 1. The zero-order valence-corrected chi connectivity index (χ0v) is 16.4. The Morgan fingerprint density at radius 1 is 1.11 bits per heavy atom. The second-order valence-corrected chi connectivity index (χ2v) is 7.34. The van der Waals surface area contributed by atoms with Crippen LogP contribution in [0.3, 0.4) is 0 Å². The van der Waals surface area contributed by atoms with E-state index in [2.05, 4.69) is 22.3 Å². The second kappa shape index (κ2) is 8.84. The van der Waals surface area contributed by atoms with Crippen LogP contribution in [-0.4, -0.2) is 42.9 Å². The van der Waals surface area contributed by atoms with Gasteiger partial charge in [0.2, 0.25) is 0 Å². The molecule has 1 amide bonds. The third-order valence-corrected chi connectivity index (χ3v) is 5.00. The normalized spacial score (nSPS) is 14.1. The molecule has 1 N–H and O–H groups in total. The van der Waals surface area contributed by atoms with Gasteiger partial charge in [-0.2, -0.15) is 0 Å². The van der Waals surface area contributed by atoms with Crippen LogP contribution in [0.1, 0.15) is 34.3 Å². The number of nitrogens with one attached hydrogen (secondary N) is 1. The minimum absolute atomic E-state index is 0.0797. The second-order valence-electron chi connectivity index (χ2n) is 7.34. The molecule has 1 fully saturated rings. The van der Waals surface area contributed by atoms with Gasteiger partial charge in [-0.15, -0.1) is 0 Å². The van der Waals surface area contributed by atoms with Crippen LogP contribution < -0.4 is 10.2 Å². The van der Waals surface area contributed by atoms with Crippen LogP contribution in [0.15, 0.2) is 42.5 Å². The largest absolute Gasteiger partial charge is 0.372 e. The summed E-state index contributed by atoms with van der Waals surface area (Å²) in [7, 11) is 3.46. The van der Waals surface area contributed by atoms with E-state index in [1.54, 1.807) is 31.1 Å². The molecule has 2 aromatic rings. The van der Waals surface area contributed by atoms with Crippen LogP contribution in [0.4, 0.5) is 11.4 Å². The first kappa shape index (κ1) is 19.8. The molecule has 2 aromatic carbocycles. The summed E-state index contributed by atoms with van der Waals surface area (Å²) in [5.74, 6) is -0.324. The average molecular weight is 382 g/mol. The summed E-state index contributed by atoms with van der Waals surface area (Å²) in [6, 6.07) is 12.8. The molecule has 0 spiro atoms. The molecule has 1 aliphatic heterocycles. The maximum absolute atomic E-state index is 12.4. The lowest BCUT2D eigenvalue weighted by molar-refractivity contribution is -0.384. The van der Waals surface area contributed by atoms with E-state index >= 15 is 0 Å². The average Bonchev–Trinajstić information content (AvgIpc) is 3.19. The van der Waals surface area contributed by atoms with Crippen LogP contribution in [0.2, 0.25) is 0 Å². The number of hydrogen-bond acceptors (Lipinski definition) is 5. The van der Waals surface area contributed by atoms with Gasteiger partial charge in [0.15, 0.2) is 0 Å². The molecule has 0 atom stereocenters. The Kier molecular flexibility index (Phi) is 6.26. The Morgan fingerprint density at radius 3 is 2.36 bits per heavy atom. The summed E-state index contributed by atoms with van der Waals surface area (Å²) in [5.41, 5.74) is 2.94. The molecule has 0 saturated carbocycles. The first-order valence-electron chi connectivity index (χ1n) is 9.48. The highest BCUT2D eigenvalue weighted by atomic mass is 16.6. The maximum Gasteiger partial charge on any atom is 0.293 e. The molecule has 7 nitrogen and oxygen atoms in total. The molecule has 1 saturated heterocycles. The van der Waals surface area contributed by atoms with Crippen molar-refractivity contribution in [2.24, 2.45) is 0 Å². The van der Waals surface area contributed by atoms with Gasteiger partial charge in [-0.3, -0.25) is 19.8 Å². The number of hydrogen-bond donors (Lipinski definition) is 1. The summed E-state index contributed by atoms with van der Waals surface area (Å²) in [5, 5.41) is 14.1. The van der Waals surface area contributed by atoms with Gasteiger partial charge in [-0.1, -0.05) is 24.3 Å². The number of nitro groups is 1. The van der Waals surface area contributed by atoms with Crippen LogP contribution in [0, 0.1) is 10.1 Å². The maximum atomic E-state index is 12.4. The lowest BCUT2D eigenvalue weighted by Gasteiger charge is -2.15. The topological polar surface area (TPSA) is 78.7 Å². The van der Waals surface area contributed by atoms with E-state index in [1.165, 1.54) is 24.5 Å². The van der Waals surface area contributed by atoms with E-state index in [-0.39, 0.29) is 17.2 Å². The molecule has 0 aromatic heterocycles. The van der Waals surface area contributed by atoms with Crippen LogP contribution in [0.25, 0.3) is 0 Å². The molecule has 0 aliphatic carbocycles. The molecule has 0 bridgehead atoms. The molecular formula is C21H26N4O3. The van der Waals surface area contributed by atoms with Crippen LogP contribution in [-0.2, 0) is 13.1 Å². The van der Waals surface area contributed by atoms with Crippen molar-refractivity contribution in [2.75, 3.05) is 32.1 Å². The number of nitro benzene ring substituents is 1. The molecule has 7 heteroatoms. The molecule has 148 valence electrons. The smallest absolute Gasteiger partial charge is 0.293 e. The Balaban J connectivity index is 1.60. The van der Waals surface area contributed by atoms with Crippen molar-refractivity contribution in [2.45, 2.75) is 25.9 Å². The van der Waals surface area contributed by atoms with Gasteiger partial charge in [0.05, 0.1) is 4.92 Å². The first-order chi connectivity index (χ1) is 13.4. The number of nitrogens with zero attached hydrogens (tertiary/aromatic N) is 3. The van der Waals surface area contributed by atoms with Crippen molar-refractivity contribution < 1.29 is 9.72 Å². The highest BCUT2D eigenvalue weighted by Gasteiger charge is 2.18. The Bertz CT molecular complexity index is 843. The van der Waals surface area contributed by atoms with E-state index in [4.69, 9.17) is 0 Å². The van der Waals surface area contributed by atoms with Gasteiger partial charge >= 0.3 is 0 Å². The van der Waals surface area contributed by atoms with E-state index in [1.807, 2.05) is 12.1 Å². The number of carbonyl (C=O) groups excluding carboxylic acids is 1. The third-order valence-electron chi connectivity index (χ3n) is 5.00. The quantitative estimate of drug-likeness (QED) is 0.588. The molecule has 28 heavy (non-hydrogen) atoms. The van der Waals surface area contributed by atoms with Gasteiger partial charge in [0.25, 0.3) is 11.6 Å². The molecule has 0 unspecified atom stereocenters. The highest BCUT2D eigenvalue weighted by molar-refractivity contribution is 5.95. The summed E-state index contributed by atoms with van der Waals surface area (Å²) >= 11 is 0. The fraction of sp³-hybridized carbons (Fsp3) is 0.381. The molecule has 1 heterocycles. The van der Waals surface area contributed by atoms with Crippen molar-refractivity contribution in [3.63, 3.8) is 0 Å². The summed E-state index contributed by atoms with van der Waals surface area (Å²) < 4.78 is 0. The number of rotatable bonds is 7. The van der Waals surface area contributed by atoms with Crippen molar-refractivity contribution in [1.82, 2.24) is 10.2 Å². The van der Waals surface area contributed by atoms with E-state index < -0.39 is 4.92 Å². The Hall–Kier alpha value is -2.93. The summed E-state index contributed by atoms with van der Waals surface area (Å²) in [6.45, 7) is 3.67. The monoisotopic (exact) mass is 382 g/mol. The minimum Gasteiger partial charge on any atom is -0.372 e. The first-order valence-corrected chi connectivity index (χ1v) is 9.48. The predicted molar refractivity (Wildman–Crippen MR) is 110 cm³/mol. The third kappa shape index (κ3) is 4.86. The molecule has 0 radical (unpaired) electrons. The SMILES string of the molecule is CN(C)c1ccc(C(=O)NCc2ccc(CN3CCCC3)cc2)cc1[N+](=O)[O-]. The fourth-order valence-electron chi connectivity index (χ4n) is 3.43. The number of anilines is 1. The predicted octanol–water partition coefficient (Wildman–Crippen LogP) is 3.19. The fourth-order valence-corrected chi connectivity index (χ4v) is 3.43. The Labute approximate surface area is 165 Å². The standard InChI is InChI=1S/C21H26N4O3/c1-23(2)19-10-9-18(13-20(19)25(27)28)21(26)22-14-16-5-7-17(8-6-16)15-24-11-3-4-12-24/h5-10,13H,3-4,11-12,14-15H2,1-2H3,(H,22,26). The van der Waals surface area contributed by atoms with Crippen molar-refractivity contribution >= 4 is 17.3 Å². The number of benzene rings is 2. The number of likely N-dealkylation sites (tertiary alicyclic amines) is 1. The van der Waals surface area contributed by atoms with Crippen molar-refractivity contribution in [3.8, 4) is 0 Å². The lowest BCUT2D eigenvalue weighted by atomic mass is 10.1. The van der Waals surface area contributed by atoms with Gasteiger partial charge in [-0.05, 0) is 49.2 Å². The van der Waals surface area contributed by atoms with E-state index in [9.17, 15) is 14.9 Å². The zero-order chi connectivity index (χ0) is 20.1. The highest BCUT2D eigenvalue weighted by Crippen LogP contribution is 2.27. The van der Waals surface area contributed by atoms with Crippen molar-refractivity contribution in [3.05, 3.63) is 69.3 Å². The van der Waals surface area contributed by atoms with E-state index in [0.717, 1.165) is 25.2 Å². The zero-order valence-electron chi connectivity index (χ0n) is 16.4. The summed E-state index contributed by atoms with van der Waals surface area (Å²) in [6.07, 6.45) is 2.55. The molecule has 3 rings (SSSR count). The van der Waals surface area contributed by atoms with Crippen molar-refractivity contribution in [1.29, 1.82) is 0 Å². The number of carbonyl (C=O) groups is 1. The summed E-state index contributed by atoms with van der Waals surface area (Å²) in [4.78, 5) is 27.3. The van der Waals surface area contributed by atoms with Gasteiger partial charge < -0.3 is 10.2 Å².